The van der Waals surface area contributed by atoms with Crippen molar-refractivity contribution >= 4 is 5.78 Å². The van der Waals surface area contributed by atoms with E-state index in [9.17, 15) is 9.18 Å². The lowest BCUT2D eigenvalue weighted by atomic mass is 9.77. The van der Waals surface area contributed by atoms with Crippen molar-refractivity contribution in [3.05, 3.63) is 35.1 Å². The predicted molar refractivity (Wildman–Crippen MR) is 85.2 cm³/mol. The lowest BCUT2D eigenvalue weighted by molar-refractivity contribution is 0.101. The molecule has 1 aliphatic rings. The monoisotopic (exact) mass is 290 g/mol. The zero-order valence-corrected chi connectivity index (χ0v) is 13.3. The summed E-state index contributed by atoms with van der Waals surface area (Å²) in [7, 11) is 0. The standard InChI is InChI=1S/C19H27FO/c1-3-4-5-6-15-7-9-16(10-8-15)17-11-12-18(14(2)21)19(20)13-17/h11-13,15-16H,3-10H2,1-2H3/t15-,16-. The molecule has 1 aromatic rings. The highest BCUT2D eigenvalue weighted by molar-refractivity contribution is 5.94. The lowest BCUT2D eigenvalue weighted by Crippen LogP contribution is -2.14. The molecule has 0 saturated heterocycles. The number of halogens is 1. The van der Waals surface area contributed by atoms with Crippen LogP contribution in [0, 0.1) is 11.7 Å². The second kappa shape index (κ2) is 7.72. The number of hydrogen-bond donors (Lipinski definition) is 0. The van der Waals surface area contributed by atoms with Crippen LogP contribution >= 0.6 is 0 Å². The molecule has 0 spiro atoms. The van der Waals surface area contributed by atoms with Crippen LogP contribution in [0.1, 0.15) is 87.1 Å². The van der Waals surface area contributed by atoms with Crippen molar-refractivity contribution in [2.45, 2.75) is 71.1 Å². The summed E-state index contributed by atoms with van der Waals surface area (Å²) in [4.78, 5) is 11.3. The first-order chi connectivity index (χ1) is 10.1. The molecule has 2 rings (SSSR count). The molecule has 0 amide bonds. The van der Waals surface area contributed by atoms with E-state index in [1.165, 1.54) is 45.4 Å². The average Bonchev–Trinajstić information content (AvgIpc) is 2.48. The van der Waals surface area contributed by atoms with Gasteiger partial charge in [-0.25, -0.2) is 4.39 Å². The van der Waals surface area contributed by atoms with Crippen molar-refractivity contribution in [1.82, 2.24) is 0 Å². The van der Waals surface area contributed by atoms with Crippen LogP contribution in [-0.4, -0.2) is 5.78 Å². The highest BCUT2D eigenvalue weighted by Gasteiger charge is 2.23. The highest BCUT2D eigenvalue weighted by Crippen LogP contribution is 2.38. The van der Waals surface area contributed by atoms with Crippen LogP contribution in [0.15, 0.2) is 18.2 Å². The molecule has 0 N–H and O–H groups in total. The third kappa shape index (κ3) is 4.39. The van der Waals surface area contributed by atoms with Gasteiger partial charge in [0.25, 0.3) is 0 Å². The van der Waals surface area contributed by atoms with Crippen molar-refractivity contribution in [3.63, 3.8) is 0 Å². The number of ketones is 1. The predicted octanol–water partition coefficient (Wildman–Crippen LogP) is 5.88. The summed E-state index contributed by atoms with van der Waals surface area (Å²) in [6.07, 6.45) is 10.2. The van der Waals surface area contributed by atoms with Gasteiger partial charge in [-0.15, -0.1) is 0 Å². The van der Waals surface area contributed by atoms with Crippen molar-refractivity contribution < 1.29 is 9.18 Å². The number of Topliss-reactive ketones (excluding diaryl/α,β-unsaturated/α-hetero) is 1. The van der Waals surface area contributed by atoms with Gasteiger partial charge in [-0.2, -0.15) is 0 Å². The fourth-order valence-corrected chi connectivity index (χ4v) is 3.54. The normalized spacial score (nSPS) is 22.2. The lowest BCUT2D eigenvalue weighted by Gasteiger charge is -2.29. The third-order valence-electron chi connectivity index (χ3n) is 4.91. The van der Waals surface area contributed by atoms with Gasteiger partial charge in [0.2, 0.25) is 0 Å². The van der Waals surface area contributed by atoms with Gasteiger partial charge in [-0.3, -0.25) is 4.79 Å². The SMILES string of the molecule is CCCCC[C@H]1CC[C@H](c2ccc(C(C)=O)c(F)c2)CC1. The quantitative estimate of drug-likeness (QED) is 0.472. The number of hydrogen-bond acceptors (Lipinski definition) is 1. The molecule has 0 atom stereocenters. The molecule has 0 radical (unpaired) electrons. The summed E-state index contributed by atoms with van der Waals surface area (Å²) in [5.74, 6) is 0.792. The Balaban J connectivity index is 1.90. The molecule has 116 valence electrons. The molecule has 1 aliphatic carbocycles. The molecule has 1 saturated carbocycles. The minimum absolute atomic E-state index is 0.196. The molecular formula is C19H27FO. The third-order valence-corrected chi connectivity index (χ3v) is 4.91. The molecule has 1 fully saturated rings. The smallest absolute Gasteiger partial charge is 0.162 e. The number of carbonyl (C=O) groups is 1. The minimum atomic E-state index is -0.356. The van der Waals surface area contributed by atoms with Crippen LogP contribution in [0.3, 0.4) is 0 Å². The molecule has 1 aromatic carbocycles. The Bertz CT molecular complexity index is 472. The molecule has 1 nitrogen and oxygen atoms in total. The van der Waals surface area contributed by atoms with Crippen molar-refractivity contribution in [1.29, 1.82) is 0 Å². The van der Waals surface area contributed by atoms with Crippen LogP contribution in [-0.2, 0) is 0 Å². The van der Waals surface area contributed by atoms with Crippen LogP contribution in [0.5, 0.6) is 0 Å². The van der Waals surface area contributed by atoms with E-state index in [2.05, 4.69) is 6.92 Å². The molecule has 0 bridgehead atoms. The minimum Gasteiger partial charge on any atom is -0.294 e. The van der Waals surface area contributed by atoms with Gasteiger partial charge in [0.15, 0.2) is 5.78 Å². The Morgan fingerprint density at radius 3 is 2.48 bits per heavy atom. The first kappa shape index (κ1) is 16.2. The molecule has 0 unspecified atom stereocenters. The molecule has 2 heteroatoms. The molecule has 0 aliphatic heterocycles. The molecule has 0 heterocycles. The fraction of sp³-hybridized carbons (Fsp3) is 0.632. The Kier molecular flexibility index (Phi) is 5.96. The summed E-state index contributed by atoms with van der Waals surface area (Å²) in [6, 6.07) is 5.18. The number of carbonyl (C=O) groups excluding carboxylic acids is 1. The maximum absolute atomic E-state index is 13.9. The summed E-state index contributed by atoms with van der Waals surface area (Å²) < 4.78 is 13.9. The van der Waals surface area contributed by atoms with E-state index >= 15 is 0 Å². The van der Waals surface area contributed by atoms with Crippen LogP contribution < -0.4 is 0 Å². The Morgan fingerprint density at radius 1 is 1.19 bits per heavy atom. The first-order valence-electron chi connectivity index (χ1n) is 8.42. The summed E-state index contributed by atoms with van der Waals surface area (Å²) in [6.45, 7) is 3.66. The van der Waals surface area contributed by atoms with Crippen molar-refractivity contribution in [3.8, 4) is 0 Å². The molecule has 21 heavy (non-hydrogen) atoms. The Labute approximate surface area is 127 Å². The highest BCUT2D eigenvalue weighted by atomic mass is 19.1. The summed E-state index contributed by atoms with van der Waals surface area (Å²) in [5, 5.41) is 0. The molecule has 0 aromatic heterocycles. The maximum atomic E-state index is 13.9. The second-order valence-corrected chi connectivity index (χ2v) is 6.51. The van der Waals surface area contributed by atoms with E-state index in [-0.39, 0.29) is 17.2 Å². The van der Waals surface area contributed by atoms with Crippen LogP contribution in [0.4, 0.5) is 4.39 Å². The number of rotatable bonds is 6. The zero-order chi connectivity index (χ0) is 15.2. The van der Waals surface area contributed by atoms with Crippen molar-refractivity contribution in [2.75, 3.05) is 0 Å². The van der Waals surface area contributed by atoms with E-state index in [1.54, 1.807) is 12.1 Å². The van der Waals surface area contributed by atoms with E-state index in [0.29, 0.717) is 5.92 Å². The van der Waals surface area contributed by atoms with Gasteiger partial charge in [-0.1, -0.05) is 38.7 Å². The number of unbranched alkanes of at least 4 members (excludes halogenated alkanes) is 2. The maximum Gasteiger partial charge on any atom is 0.162 e. The van der Waals surface area contributed by atoms with Crippen LogP contribution in [0.25, 0.3) is 0 Å². The zero-order valence-electron chi connectivity index (χ0n) is 13.3. The second-order valence-electron chi connectivity index (χ2n) is 6.51. The van der Waals surface area contributed by atoms with Crippen LogP contribution in [0.2, 0.25) is 0 Å². The average molecular weight is 290 g/mol. The van der Waals surface area contributed by atoms with E-state index in [0.717, 1.165) is 24.3 Å². The summed E-state index contributed by atoms with van der Waals surface area (Å²) >= 11 is 0. The van der Waals surface area contributed by atoms with Gasteiger partial charge in [-0.05, 0) is 62.1 Å². The fourth-order valence-electron chi connectivity index (χ4n) is 3.54. The topological polar surface area (TPSA) is 17.1 Å². The van der Waals surface area contributed by atoms with Gasteiger partial charge < -0.3 is 0 Å². The number of benzene rings is 1. The van der Waals surface area contributed by atoms with E-state index < -0.39 is 0 Å². The Hall–Kier alpha value is -1.18. The first-order valence-corrected chi connectivity index (χ1v) is 8.42. The van der Waals surface area contributed by atoms with Crippen molar-refractivity contribution in [2.24, 2.45) is 5.92 Å². The largest absolute Gasteiger partial charge is 0.294 e. The Morgan fingerprint density at radius 2 is 1.90 bits per heavy atom. The van der Waals surface area contributed by atoms with Gasteiger partial charge in [0, 0.05) is 0 Å². The van der Waals surface area contributed by atoms with E-state index in [1.807, 2.05) is 6.07 Å². The van der Waals surface area contributed by atoms with Gasteiger partial charge >= 0.3 is 0 Å². The van der Waals surface area contributed by atoms with Gasteiger partial charge in [0.1, 0.15) is 5.82 Å². The summed E-state index contributed by atoms with van der Waals surface area (Å²) in [5.41, 5.74) is 1.29. The van der Waals surface area contributed by atoms with Gasteiger partial charge in [0.05, 0.1) is 5.56 Å². The van der Waals surface area contributed by atoms with E-state index in [4.69, 9.17) is 0 Å². The molecular weight excluding hydrogens is 263 g/mol.